The van der Waals surface area contributed by atoms with Crippen molar-refractivity contribution in [3.63, 3.8) is 0 Å². The molecule has 0 spiro atoms. The number of nitrogens with two attached hydrogens (primary N) is 1. The van der Waals surface area contributed by atoms with Crippen LogP contribution in [0.2, 0.25) is 0 Å². The lowest BCUT2D eigenvalue weighted by Gasteiger charge is -2.19. The van der Waals surface area contributed by atoms with E-state index in [-0.39, 0.29) is 6.42 Å². The Bertz CT molecular complexity index is 410. The van der Waals surface area contributed by atoms with E-state index >= 15 is 0 Å². The Morgan fingerprint density at radius 1 is 1.29 bits per heavy atom. The summed E-state index contributed by atoms with van der Waals surface area (Å²) in [6.45, 7) is 1.31. The van der Waals surface area contributed by atoms with Crippen LogP contribution in [0.5, 0.6) is 0 Å². The number of carboxylic acid groups (broad SMARTS) is 1. The first-order valence-corrected chi connectivity index (χ1v) is 4.81. The molecule has 3 N–H and O–H groups in total. The third-order valence-corrected chi connectivity index (χ3v) is 2.34. The molecule has 0 bridgehead atoms. The molecule has 0 unspecified atom stereocenters. The van der Waals surface area contributed by atoms with Crippen molar-refractivity contribution < 1.29 is 23.1 Å². The van der Waals surface area contributed by atoms with Crippen molar-refractivity contribution in [1.82, 2.24) is 0 Å². The minimum absolute atomic E-state index is 0.0273. The fourth-order valence-electron chi connectivity index (χ4n) is 1.31. The topological polar surface area (TPSA) is 63.3 Å². The molecule has 17 heavy (non-hydrogen) atoms. The van der Waals surface area contributed by atoms with Crippen LogP contribution >= 0.6 is 0 Å². The van der Waals surface area contributed by atoms with Gasteiger partial charge >= 0.3 is 12.1 Å². The van der Waals surface area contributed by atoms with Gasteiger partial charge in [-0.2, -0.15) is 13.2 Å². The maximum absolute atomic E-state index is 12.3. The molecule has 0 aliphatic heterocycles. The number of carbonyl (C=O) groups is 1. The van der Waals surface area contributed by atoms with E-state index in [0.29, 0.717) is 5.56 Å². The third kappa shape index (κ3) is 3.45. The minimum Gasteiger partial charge on any atom is -0.480 e. The highest BCUT2D eigenvalue weighted by Crippen LogP contribution is 2.29. The Morgan fingerprint density at radius 3 is 2.12 bits per heavy atom. The third-order valence-electron chi connectivity index (χ3n) is 2.34. The second-order valence-corrected chi connectivity index (χ2v) is 4.09. The minimum atomic E-state index is -4.39. The predicted molar refractivity (Wildman–Crippen MR) is 55.4 cm³/mol. The van der Waals surface area contributed by atoms with Gasteiger partial charge in [-0.05, 0) is 24.6 Å². The van der Waals surface area contributed by atoms with Crippen LogP contribution < -0.4 is 5.73 Å². The summed E-state index contributed by atoms with van der Waals surface area (Å²) < 4.78 is 36.8. The van der Waals surface area contributed by atoms with Gasteiger partial charge in [-0.3, -0.25) is 4.79 Å². The highest BCUT2D eigenvalue weighted by molar-refractivity contribution is 5.78. The Balaban J connectivity index is 2.86. The Labute approximate surface area is 96.0 Å². The second-order valence-electron chi connectivity index (χ2n) is 4.09. The SMILES string of the molecule is C[C@@](N)(Cc1ccc(C(F)(F)F)cc1)C(=O)O. The molecule has 1 aromatic rings. The van der Waals surface area contributed by atoms with Gasteiger partial charge in [0, 0.05) is 6.42 Å². The first-order valence-electron chi connectivity index (χ1n) is 4.81. The van der Waals surface area contributed by atoms with E-state index in [0.717, 1.165) is 12.1 Å². The summed E-state index contributed by atoms with van der Waals surface area (Å²) >= 11 is 0. The number of hydrogen-bond donors (Lipinski definition) is 2. The summed E-state index contributed by atoms with van der Waals surface area (Å²) in [5, 5.41) is 8.78. The average molecular weight is 247 g/mol. The first kappa shape index (κ1) is 13.5. The zero-order valence-corrected chi connectivity index (χ0v) is 9.08. The lowest BCUT2D eigenvalue weighted by atomic mass is 9.93. The number of hydrogen-bond acceptors (Lipinski definition) is 2. The summed E-state index contributed by atoms with van der Waals surface area (Å²) in [5.74, 6) is -1.20. The zero-order valence-electron chi connectivity index (χ0n) is 9.08. The molecule has 0 heterocycles. The van der Waals surface area contributed by atoms with Crippen molar-refractivity contribution in [3.8, 4) is 0 Å². The van der Waals surface area contributed by atoms with Gasteiger partial charge in [0.1, 0.15) is 5.54 Å². The normalized spacial score (nSPS) is 15.4. The number of alkyl halides is 3. The van der Waals surface area contributed by atoms with Crippen molar-refractivity contribution in [2.45, 2.75) is 25.1 Å². The van der Waals surface area contributed by atoms with E-state index < -0.39 is 23.2 Å². The van der Waals surface area contributed by atoms with E-state index in [1.54, 1.807) is 0 Å². The van der Waals surface area contributed by atoms with Crippen LogP contribution in [0.15, 0.2) is 24.3 Å². The van der Waals surface area contributed by atoms with Gasteiger partial charge in [0.25, 0.3) is 0 Å². The van der Waals surface area contributed by atoms with Crippen LogP contribution in [0.1, 0.15) is 18.1 Å². The Kier molecular flexibility index (Phi) is 3.47. The number of rotatable bonds is 3. The molecular formula is C11H12F3NO2. The maximum atomic E-state index is 12.3. The predicted octanol–water partition coefficient (Wildman–Crippen LogP) is 2.05. The number of carboxylic acids is 1. The molecule has 1 atom stereocenters. The zero-order chi connectivity index (χ0) is 13.3. The van der Waals surface area contributed by atoms with Crippen LogP contribution in [0.25, 0.3) is 0 Å². The first-order chi connectivity index (χ1) is 7.63. The van der Waals surface area contributed by atoms with E-state index in [1.807, 2.05) is 0 Å². The van der Waals surface area contributed by atoms with Gasteiger partial charge < -0.3 is 10.8 Å². The van der Waals surface area contributed by atoms with Crippen LogP contribution in [0.4, 0.5) is 13.2 Å². The highest BCUT2D eigenvalue weighted by Gasteiger charge is 2.31. The molecule has 0 saturated carbocycles. The average Bonchev–Trinajstić information content (AvgIpc) is 2.16. The van der Waals surface area contributed by atoms with Crippen LogP contribution in [0.3, 0.4) is 0 Å². The van der Waals surface area contributed by atoms with E-state index in [4.69, 9.17) is 10.8 Å². The summed E-state index contributed by atoms with van der Waals surface area (Å²) in [4.78, 5) is 10.7. The van der Waals surface area contributed by atoms with Gasteiger partial charge in [0.2, 0.25) is 0 Å². The number of halogens is 3. The summed E-state index contributed by atoms with van der Waals surface area (Å²) in [6, 6.07) is 4.29. The lowest BCUT2D eigenvalue weighted by molar-refractivity contribution is -0.142. The number of aliphatic carboxylic acids is 1. The van der Waals surface area contributed by atoms with Crippen molar-refractivity contribution in [2.24, 2.45) is 5.73 Å². The molecule has 6 heteroatoms. The molecule has 0 fully saturated rings. The molecule has 3 nitrogen and oxygen atoms in total. The summed E-state index contributed by atoms with van der Waals surface area (Å²) in [6.07, 6.45) is -4.42. The summed E-state index contributed by atoms with van der Waals surface area (Å²) in [5.41, 5.74) is 3.69. The largest absolute Gasteiger partial charge is 0.480 e. The smallest absolute Gasteiger partial charge is 0.416 e. The molecule has 0 radical (unpaired) electrons. The highest BCUT2D eigenvalue weighted by atomic mass is 19.4. The van der Waals surface area contributed by atoms with Gasteiger partial charge in [0.15, 0.2) is 0 Å². The van der Waals surface area contributed by atoms with Gasteiger partial charge in [-0.1, -0.05) is 12.1 Å². The van der Waals surface area contributed by atoms with Gasteiger partial charge in [-0.15, -0.1) is 0 Å². The molecule has 0 aromatic heterocycles. The van der Waals surface area contributed by atoms with Crippen molar-refractivity contribution in [3.05, 3.63) is 35.4 Å². The van der Waals surface area contributed by atoms with Gasteiger partial charge in [-0.25, -0.2) is 0 Å². The molecule has 0 saturated heterocycles. The van der Waals surface area contributed by atoms with Crippen molar-refractivity contribution >= 4 is 5.97 Å². The molecular weight excluding hydrogens is 235 g/mol. The molecule has 1 rings (SSSR count). The maximum Gasteiger partial charge on any atom is 0.416 e. The second kappa shape index (κ2) is 4.37. The Hall–Kier alpha value is -1.56. The van der Waals surface area contributed by atoms with Gasteiger partial charge in [0.05, 0.1) is 5.56 Å². The quantitative estimate of drug-likeness (QED) is 0.859. The fraction of sp³-hybridized carbons (Fsp3) is 0.364. The Morgan fingerprint density at radius 2 is 1.76 bits per heavy atom. The van der Waals surface area contributed by atoms with Crippen molar-refractivity contribution in [2.75, 3.05) is 0 Å². The molecule has 94 valence electrons. The van der Waals surface area contributed by atoms with Crippen LogP contribution in [0, 0.1) is 0 Å². The molecule has 0 amide bonds. The van der Waals surface area contributed by atoms with Crippen LogP contribution in [-0.2, 0) is 17.4 Å². The lowest BCUT2D eigenvalue weighted by Crippen LogP contribution is -2.46. The van der Waals surface area contributed by atoms with E-state index in [9.17, 15) is 18.0 Å². The monoisotopic (exact) mass is 247 g/mol. The molecule has 0 aliphatic rings. The summed E-state index contributed by atoms with van der Waals surface area (Å²) in [7, 11) is 0. The standard InChI is InChI=1S/C11H12F3NO2/c1-10(15,9(16)17)6-7-2-4-8(5-3-7)11(12,13)14/h2-5H,6,15H2,1H3,(H,16,17)/t10-/m1/s1. The van der Waals surface area contributed by atoms with E-state index in [1.165, 1.54) is 19.1 Å². The van der Waals surface area contributed by atoms with Crippen LogP contribution in [-0.4, -0.2) is 16.6 Å². The fourth-order valence-corrected chi connectivity index (χ4v) is 1.31. The molecule has 0 aliphatic carbocycles. The van der Waals surface area contributed by atoms with E-state index in [2.05, 4.69) is 0 Å². The van der Waals surface area contributed by atoms with Crippen molar-refractivity contribution in [1.29, 1.82) is 0 Å². The molecule has 1 aromatic carbocycles. The number of benzene rings is 1.